The molecule has 0 radical (unpaired) electrons. The van der Waals surface area contributed by atoms with Crippen molar-refractivity contribution >= 4 is 10.8 Å². The number of hydrogen-bond donors (Lipinski definition) is 0. The van der Waals surface area contributed by atoms with Gasteiger partial charge in [0, 0.05) is 10.9 Å². The second-order valence-electron chi connectivity index (χ2n) is 7.05. The van der Waals surface area contributed by atoms with Crippen molar-refractivity contribution in [2.24, 2.45) is 0 Å². The van der Waals surface area contributed by atoms with E-state index in [2.05, 4.69) is 43.9 Å². The number of nitrogens with zero attached hydrogens (tertiary/aromatic N) is 1. The maximum Gasteiger partial charge on any atom is 0.259 e. The predicted octanol–water partition coefficient (Wildman–Crippen LogP) is 5.07. The lowest BCUT2D eigenvalue weighted by molar-refractivity contribution is 0.753. The van der Waals surface area contributed by atoms with Crippen molar-refractivity contribution < 1.29 is 0 Å². The standard InChI is InChI=1S/C26H21NO/c1-19-12-14-23(20(2)16-19)18-27-24(15-13-21-8-4-3-5-9-21)17-22-10-6-7-11-25(22)26(27)28/h3-12,14,16-17H,18H2,1-2H3. The van der Waals surface area contributed by atoms with Gasteiger partial charge in [-0.3, -0.25) is 9.36 Å². The van der Waals surface area contributed by atoms with Gasteiger partial charge in [-0.2, -0.15) is 0 Å². The van der Waals surface area contributed by atoms with Gasteiger partial charge in [-0.15, -0.1) is 0 Å². The largest absolute Gasteiger partial charge is 0.296 e. The fourth-order valence-electron chi connectivity index (χ4n) is 3.41. The third-order valence-electron chi connectivity index (χ3n) is 4.95. The van der Waals surface area contributed by atoms with Crippen LogP contribution in [-0.2, 0) is 6.54 Å². The summed E-state index contributed by atoms with van der Waals surface area (Å²) in [6.45, 7) is 4.67. The lowest BCUT2D eigenvalue weighted by Crippen LogP contribution is -2.23. The van der Waals surface area contributed by atoms with Crippen LogP contribution in [-0.4, -0.2) is 4.57 Å². The molecule has 0 atom stereocenters. The van der Waals surface area contributed by atoms with Crippen LogP contribution in [0.3, 0.4) is 0 Å². The Bertz CT molecular complexity index is 1270. The molecule has 2 nitrogen and oxygen atoms in total. The summed E-state index contributed by atoms with van der Waals surface area (Å²) in [5, 5.41) is 1.64. The summed E-state index contributed by atoms with van der Waals surface area (Å²) in [5.41, 5.74) is 5.19. The third kappa shape index (κ3) is 3.61. The first kappa shape index (κ1) is 17.8. The van der Waals surface area contributed by atoms with Gasteiger partial charge in [-0.1, -0.05) is 66.1 Å². The van der Waals surface area contributed by atoms with Crippen molar-refractivity contribution in [2.75, 3.05) is 0 Å². The Kier molecular flexibility index (Phi) is 4.83. The summed E-state index contributed by atoms with van der Waals surface area (Å²) in [7, 11) is 0. The molecule has 0 aliphatic carbocycles. The van der Waals surface area contributed by atoms with Crippen molar-refractivity contribution in [3.05, 3.63) is 117 Å². The second-order valence-corrected chi connectivity index (χ2v) is 7.05. The Balaban J connectivity index is 1.88. The van der Waals surface area contributed by atoms with Crippen molar-refractivity contribution in [3.8, 4) is 11.8 Å². The Morgan fingerprint density at radius 1 is 0.821 bits per heavy atom. The van der Waals surface area contributed by atoms with E-state index in [-0.39, 0.29) is 5.56 Å². The molecule has 0 spiro atoms. The van der Waals surface area contributed by atoms with E-state index < -0.39 is 0 Å². The molecule has 0 saturated heterocycles. The smallest absolute Gasteiger partial charge is 0.259 e. The molecule has 1 aromatic heterocycles. The molecule has 28 heavy (non-hydrogen) atoms. The molecule has 1 heterocycles. The van der Waals surface area contributed by atoms with E-state index in [4.69, 9.17) is 0 Å². The van der Waals surface area contributed by atoms with E-state index in [1.165, 1.54) is 11.1 Å². The van der Waals surface area contributed by atoms with Gasteiger partial charge in [0.25, 0.3) is 5.56 Å². The lowest BCUT2D eigenvalue weighted by atomic mass is 10.0. The molecule has 0 saturated carbocycles. The SMILES string of the molecule is Cc1ccc(Cn2c(C#Cc3ccccc3)cc3ccccc3c2=O)c(C)c1. The van der Waals surface area contributed by atoms with Gasteiger partial charge < -0.3 is 0 Å². The first-order valence-corrected chi connectivity index (χ1v) is 9.37. The Hall–Kier alpha value is -3.57. The first-order chi connectivity index (χ1) is 13.6. The quantitative estimate of drug-likeness (QED) is 0.456. The van der Waals surface area contributed by atoms with Crippen LogP contribution in [0.5, 0.6) is 0 Å². The Morgan fingerprint density at radius 2 is 1.57 bits per heavy atom. The molecular weight excluding hydrogens is 342 g/mol. The average Bonchev–Trinajstić information content (AvgIpc) is 2.71. The van der Waals surface area contributed by atoms with E-state index in [1.807, 2.05) is 60.7 Å². The molecule has 0 aliphatic rings. The molecular formula is C26H21NO. The lowest BCUT2D eigenvalue weighted by Gasteiger charge is -2.13. The van der Waals surface area contributed by atoms with E-state index in [0.29, 0.717) is 6.54 Å². The van der Waals surface area contributed by atoms with Crippen LogP contribution in [0.1, 0.15) is 27.9 Å². The molecule has 0 aliphatic heterocycles. The zero-order chi connectivity index (χ0) is 19.5. The monoisotopic (exact) mass is 363 g/mol. The minimum absolute atomic E-state index is 0.00423. The van der Waals surface area contributed by atoms with Crippen LogP contribution in [0.4, 0.5) is 0 Å². The molecule has 0 amide bonds. The maximum atomic E-state index is 13.2. The fourth-order valence-corrected chi connectivity index (χ4v) is 3.41. The third-order valence-corrected chi connectivity index (χ3v) is 4.95. The molecule has 0 N–H and O–H groups in total. The van der Waals surface area contributed by atoms with Crippen molar-refractivity contribution in [2.45, 2.75) is 20.4 Å². The van der Waals surface area contributed by atoms with Crippen LogP contribution in [0.25, 0.3) is 10.8 Å². The highest BCUT2D eigenvalue weighted by molar-refractivity contribution is 5.82. The van der Waals surface area contributed by atoms with Crippen LogP contribution in [0.15, 0.2) is 83.7 Å². The summed E-state index contributed by atoms with van der Waals surface area (Å²) >= 11 is 0. The zero-order valence-corrected chi connectivity index (χ0v) is 16.1. The molecule has 4 aromatic rings. The number of rotatable bonds is 2. The summed E-state index contributed by atoms with van der Waals surface area (Å²) in [6, 6.07) is 25.9. The maximum absolute atomic E-state index is 13.2. The van der Waals surface area contributed by atoms with Crippen molar-refractivity contribution in [1.82, 2.24) is 4.57 Å². The summed E-state index contributed by atoms with van der Waals surface area (Å²) in [4.78, 5) is 13.2. The summed E-state index contributed by atoms with van der Waals surface area (Å²) in [6.07, 6.45) is 0. The minimum atomic E-state index is -0.00423. The molecule has 0 unspecified atom stereocenters. The Labute approximate surface area is 165 Å². The summed E-state index contributed by atoms with van der Waals surface area (Å²) < 4.78 is 1.79. The number of hydrogen-bond acceptors (Lipinski definition) is 1. The minimum Gasteiger partial charge on any atom is -0.296 e. The van der Waals surface area contributed by atoms with E-state index in [0.717, 1.165) is 27.6 Å². The van der Waals surface area contributed by atoms with Gasteiger partial charge in [-0.25, -0.2) is 0 Å². The molecule has 2 heteroatoms. The van der Waals surface area contributed by atoms with Gasteiger partial charge in [-0.05, 0) is 60.5 Å². The van der Waals surface area contributed by atoms with Crippen molar-refractivity contribution in [3.63, 3.8) is 0 Å². The molecule has 136 valence electrons. The highest BCUT2D eigenvalue weighted by Crippen LogP contribution is 2.16. The highest BCUT2D eigenvalue weighted by atomic mass is 16.1. The molecule has 0 bridgehead atoms. The van der Waals surface area contributed by atoms with E-state index >= 15 is 0 Å². The zero-order valence-electron chi connectivity index (χ0n) is 16.1. The molecule has 3 aromatic carbocycles. The number of pyridine rings is 1. The number of aryl methyl sites for hydroxylation is 2. The van der Waals surface area contributed by atoms with Gasteiger partial charge in [0.15, 0.2) is 0 Å². The van der Waals surface area contributed by atoms with Crippen LogP contribution < -0.4 is 5.56 Å². The highest BCUT2D eigenvalue weighted by Gasteiger charge is 2.10. The van der Waals surface area contributed by atoms with Gasteiger partial charge >= 0.3 is 0 Å². The number of aromatic nitrogens is 1. The summed E-state index contributed by atoms with van der Waals surface area (Å²) in [5.74, 6) is 6.42. The molecule has 4 rings (SSSR count). The fraction of sp³-hybridized carbons (Fsp3) is 0.115. The first-order valence-electron chi connectivity index (χ1n) is 9.37. The van der Waals surface area contributed by atoms with E-state index in [1.54, 1.807) is 4.57 Å². The van der Waals surface area contributed by atoms with Crippen LogP contribution in [0.2, 0.25) is 0 Å². The predicted molar refractivity (Wildman–Crippen MR) is 116 cm³/mol. The Morgan fingerprint density at radius 3 is 2.36 bits per heavy atom. The second kappa shape index (κ2) is 7.58. The van der Waals surface area contributed by atoms with Crippen LogP contribution in [0, 0.1) is 25.7 Å². The number of fused-ring (bicyclic) bond motifs is 1. The average molecular weight is 363 g/mol. The van der Waals surface area contributed by atoms with Gasteiger partial charge in [0.2, 0.25) is 0 Å². The number of benzene rings is 3. The topological polar surface area (TPSA) is 22.0 Å². The van der Waals surface area contributed by atoms with Crippen molar-refractivity contribution in [1.29, 1.82) is 0 Å². The van der Waals surface area contributed by atoms with Gasteiger partial charge in [0.1, 0.15) is 0 Å². The molecule has 0 fully saturated rings. The van der Waals surface area contributed by atoms with E-state index in [9.17, 15) is 4.79 Å². The van der Waals surface area contributed by atoms with Gasteiger partial charge in [0.05, 0.1) is 12.2 Å². The van der Waals surface area contributed by atoms with Crippen LogP contribution >= 0.6 is 0 Å². The normalized spacial score (nSPS) is 10.5.